The van der Waals surface area contributed by atoms with Crippen LogP contribution in [0.4, 0.5) is 0 Å². The van der Waals surface area contributed by atoms with Gasteiger partial charge in [0.2, 0.25) is 0 Å². The number of carbonyl (C=O) groups is 4. The Labute approximate surface area is 600 Å². The van der Waals surface area contributed by atoms with Crippen LogP contribution >= 0.6 is 15.6 Å². The van der Waals surface area contributed by atoms with E-state index in [1.54, 1.807) is 0 Å². The first-order chi connectivity index (χ1) is 47.1. The largest absolute Gasteiger partial charge is 0.472 e. The molecule has 98 heavy (non-hydrogen) atoms. The van der Waals surface area contributed by atoms with Gasteiger partial charge < -0.3 is 33.8 Å². The Bertz CT molecular complexity index is 1920. The molecule has 17 nitrogen and oxygen atoms in total. The fourth-order valence-corrected chi connectivity index (χ4v) is 13.7. The van der Waals surface area contributed by atoms with E-state index in [1.807, 2.05) is 0 Å². The minimum atomic E-state index is -4.96. The molecule has 0 aromatic heterocycles. The van der Waals surface area contributed by atoms with Gasteiger partial charge in [0.25, 0.3) is 0 Å². The number of hydrogen-bond acceptors (Lipinski definition) is 15. The highest BCUT2D eigenvalue weighted by Gasteiger charge is 2.30. The Morgan fingerprint density at radius 2 is 0.429 bits per heavy atom. The van der Waals surface area contributed by atoms with Gasteiger partial charge in [-0.1, -0.05) is 351 Å². The third kappa shape index (κ3) is 72.4. The summed E-state index contributed by atoms with van der Waals surface area (Å²) in [4.78, 5) is 72.9. The topological polar surface area (TPSA) is 237 Å². The monoisotopic (exact) mass is 1440 g/mol. The van der Waals surface area contributed by atoms with Gasteiger partial charge in [-0.25, -0.2) is 9.13 Å². The van der Waals surface area contributed by atoms with Crippen LogP contribution in [0.2, 0.25) is 0 Å². The van der Waals surface area contributed by atoms with Crippen molar-refractivity contribution in [2.45, 2.75) is 420 Å². The molecule has 0 fully saturated rings. The smallest absolute Gasteiger partial charge is 0.462 e. The van der Waals surface area contributed by atoms with Crippen molar-refractivity contribution in [1.29, 1.82) is 0 Å². The average molecular weight is 1440 g/mol. The summed E-state index contributed by atoms with van der Waals surface area (Å²) in [6.07, 6.45) is 54.3. The molecule has 0 radical (unpaired) electrons. The van der Waals surface area contributed by atoms with Crippen molar-refractivity contribution in [2.75, 3.05) is 39.6 Å². The van der Waals surface area contributed by atoms with E-state index in [2.05, 4.69) is 55.4 Å². The van der Waals surface area contributed by atoms with Crippen LogP contribution in [0.1, 0.15) is 402 Å². The van der Waals surface area contributed by atoms with Crippen molar-refractivity contribution in [3.8, 4) is 0 Å². The first-order valence-electron chi connectivity index (χ1n) is 40.7. The Morgan fingerprint density at radius 3 is 0.633 bits per heavy atom. The summed E-state index contributed by atoms with van der Waals surface area (Å²) in [5.74, 6) is 0.927. The third-order valence-corrected chi connectivity index (χ3v) is 20.2. The lowest BCUT2D eigenvalue weighted by atomic mass is 10.0. The molecule has 0 spiro atoms. The minimum absolute atomic E-state index is 0.106. The van der Waals surface area contributed by atoms with Gasteiger partial charge in [0.05, 0.1) is 26.4 Å². The van der Waals surface area contributed by atoms with Gasteiger partial charge in [0.15, 0.2) is 12.2 Å². The van der Waals surface area contributed by atoms with E-state index in [0.717, 1.165) is 114 Å². The standard InChI is InChI=1S/C79H154O17P2/c1-69(2)55-47-39-31-24-19-15-13-11-9-10-12-14-16-21-27-36-45-53-61-78(83)95-74(65-89-76(81)59-51-43-35-29-23-26-33-41-49-57-71(5)6)67-93-97(85,86)91-63-73(80)64-92-98(87,88)94-68-75(66-90-77(82)60-52-44-38-30-34-42-50-58-72(7)8)96-79(84)62-54-46-37-28-22-18-17-20-25-32-40-48-56-70(3)4/h69-75,80H,9-68H2,1-8H3,(H,85,86)(H,87,88)/t73?,74-,75-/m1/s1. The molecular weight excluding hydrogens is 1280 g/mol. The van der Waals surface area contributed by atoms with Gasteiger partial charge in [-0.2, -0.15) is 0 Å². The number of phosphoric acid groups is 2. The van der Waals surface area contributed by atoms with E-state index < -0.39 is 97.5 Å². The molecule has 0 aliphatic heterocycles. The zero-order chi connectivity index (χ0) is 72.4. The number of ether oxygens (including phenoxy) is 4. The SMILES string of the molecule is CC(C)CCCCCCCCCCCCCCCCCCCCC(=O)O[C@H](COC(=O)CCCCCCCCCCCC(C)C)COP(=O)(O)OCC(O)COP(=O)(O)OC[C@@H](COC(=O)CCCCCCCCCC(C)C)OC(=O)CCCCCCCCCCCCCCC(C)C. The highest BCUT2D eigenvalue weighted by molar-refractivity contribution is 7.47. The van der Waals surface area contributed by atoms with Crippen LogP contribution < -0.4 is 0 Å². The summed E-state index contributed by atoms with van der Waals surface area (Å²) in [6.45, 7) is 14.2. The van der Waals surface area contributed by atoms with E-state index in [4.69, 9.17) is 37.0 Å². The summed E-state index contributed by atoms with van der Waals surface area (Å²) in [5, 5.41) is 10.6. The van der Waals surface area contributed by atoms with Crippen molar-refractivity contribution >= 4 is 39.5 Å². The summed E-state index contributed by atoms with van der Waals surface area (Å²) in [5.41, 5.74) is 0. The second-order valence-electron chi connectivity index (χ2n) is 30.4. The number of aliphatic hydroxyl groups excluding tert-OH is 1. The first-order valence-corrected chi connectivity index (χ1v) is 43.7. The Kier molecular flexibility index (Phi) is 66.8. The van der Waals surface area contributed by atoms with Crippen LogP contribution in [0.25, 0.3) is 0 Å². The lowest BCUT2D eigenvalue weighted by molar-refractivity contribution is -0.161. The first kappa shape index (κ1) is 96.1. The number of carbonyl (C=O) groups excluding carboxylic acids is 4. The predicted molar refractivity (Wildman–Crippen MR) is 400 cm³/mol. The fourth-order valence-electron chi connectivity index (χ4n) is 12.1. The molecule has 3 N–H and O–H groups in total. The van der Waals surface area contributed by atoms with Crippen LogP contribution in [0.15, 0.2) is 0 Å². The van der Waals surface area contributed by atoms with Crippen LogP contribution in [0, 0.1) is 23.7 Å². The fraction of sp³-hybridized carbons (Fsp3) is 0.949. The van der Waals surface area contributed by atoms with Crippen LogP contribution in [0.5, 0.6) is 0 Å². The maximum absolute atomic E-state index is 13.1. The zero-order valence-electron chi connectivity index (χ0n) is 64.4. The number of phosphoric ester groups is 2. The minimum Gasteiger partial charge on any atom is -0.462 e. The summed E-state index contributed by atoms with van der Waals surface area (Å²) in [6, 6.07) is 0. The maximum atomic E-state index is 13.1. The lowest BCUT2D eigenvalue weighted by Crippen LogP contribution is -2.30. The lowest BCUT2D eigenvalue weighted by Gasteiger charge is -2.21. The van der Waals surface area contributed by atoms with Gasteiger partial charge >= 0.3 is 39.5 Å². The van der Waals surface area contributed by atoms with E-state index in [9.17, 15) is 43.2 Å². The molecule has 0 heterocycles. The molecule has 582 valence electrons. The highest BCUT2D eigenvalue weighted by Crippen LogP contribution is 2.45. The maximum Gasteiger partial charge on any atom is 0.472 e. The van der Waals surface area contributed by atoms with Gasteiger partial charge in [-0.3, -0.25) is 37.3 Å². The number of esters is 4. The van der Waals surface area contributed by atoms with Gasteiger partial charge in [0, 0.05) is 25.7 Å². The number of hydrogen-bond donors (Lipinski definition) is 3. The van der Waals surface area contributed by atoms with Crippen LogP contribution in [-0.4, -0.2) is 96.7 Å². The molecule has 3 unspecified atom stereocenters. The Morgan fingerprint density at radius 1 is 0.255 bits per heavy atom. The summed E-state index contributed by atoms with van der Waals surface area (Å²) >= 11 is 0. The highest BCUT2D eigenvalue weighted by atomic mass is 31.2. The van der Waals surface area contributed by atoms with Crippen molar-refractivity contribution in [3.63, 3.8) is 0 Å². The molecule has 0 saturated carbocycles. The summed E-state index contributed by atoms with van der Waals surface area (Å²) in [7, 11) is -9.92. The number of aliphatic hydroxyl groups is 1. The van der Waals surface area contributed by atoms with Crippen molar-refractivity contribution < 1.29 is 80.2 Å². The molecule has 0 bridgehead atoms. The van der Waals surface area contributed by atoms with Crippen LogP contribution in [-0.2, 0) is 65.4 Å². The normalized spacial score (nSPS) is 14.1. The molecule has 0 aromatic carbocycles. The van der Waals surface area contributed by atoms with Crippen molar-refractivity contribution in [3.05, 3.63) is 0 Å². The Hall–Kier alpha value is -1.94. The zero-order valence-corrected chi connectivity index (χ0v) is 66.2. The second kappa shape index (κ2) is 68.2. The van der Waals surface area contributed by atoms with Gasteiger partial charge in [-0.15, -0.1) is 0 Å². The molecular formula is C79H154O17P2. The predicted octanol–water partition coefficient (Wildman–Crippen LogP) is 23.2. The molecule has 0 saturated heterocycles. The van der Waals surface area contributed by atoms with E-state index in [0.29, 0.717) is 31.6 Å². The molecule has 0 amide bonds. The average Bonchev–Trinajstić information content (AvgIpc) is 0.991. The molecule has 19 heteroatoms. The van der Waals surface area contributed by atoms with Crippen molar-refractivity contribution in [1.82, 2.24) is 0 Å². The second-order valence-corrected chi connectivity index (χ2v) is 33.3. The molecule has 0 aliphatic carbocycles. The number of rotatable bonds is 76. The van der Waals surface area contributed by atoms with E-state index in [1.165, 1.54) is 199 Å². The quantitative estimate of drug-likeness (QED) is 0.0222. The summed E-state index contributed by atoms with van der Waals surface area (Å²) < 4.78 is 68.6. The Balaban J connectivity index is 5.21. The van der Waals surface area contributed by atoms with E-state index >= 15 is 0 Å². The van der Waals surface area contributed by atoms with Crippen molar-refractivity contribution in [2.24, 2.45) is 23.7 Å². The molecule has 0 aromatic rings. The van der Waals surface area contributed by atoms with Gasteiger partial charge in [0.1, 0.15) is 19.3 Å². The van der Waals surface area contributed by atoms with Gasteiger partial charge in [-0.05, 0) is 49.4 Å². The van der Waals surface area contributed by atoms with E-state index in [-0.39, 0.29) is 25.7 Å². The molecule has 0 aliphatic rings. The number of unbranched alkanes of at least 4 members (excludes halogenated alkanes) is 42. The van der Waals surface area contributed by atoms with Crippen LogP contribution in [0.3, 0.4) is 0 Å². The third-order valence-electron chi connectivity index (χ3n) is 18.3. The molecule has 5 atom stereocenters. The molecule has 0 rings (SSSR count).